The Morgan fingerprint density at radius 2 is 1.79 bits per heavy atom. The Morgan fingerprint density at radius 3 is 2.42 bits per heavy atom. The van der Waals surface area contributed by atoms with Crippen LogP contribution < -0.4 is 16.0 Å². The molecule has 0 saturated heterocycles. The van der Waals surface area contributed by atoms with Crippen LogP contribution >= 0.6 is 11.3 Å². The molecule has 0 unspecified atom stereocenters. The molecule has 0 bridgehead atoms. The summed E-state index contributed by atoms with van der Waals surface area (Å²) in [6, 6.07) is 13.2. The number of hydrogen-bond donors (Lipinski definition) is 3. The maximum Gasteiger partial charge on any atom is 0.265 e. The number of nitrogens with one attached hydrogen (secondary N) is 3. The van der Waals surface area contributed by atoms with Gasteiger partial charge in [0.15, 0.2) is 5.82 Å². The van der Waals surface area contributed by atoms with Crippen LogP contribution in [0.4, 0.5) is 15.8 Å². The molecule has 0 aliphatic rings. The van der Waals surface area contributed by atoms with Crippen molar-refractivity contribution in [2.45, 2.75) is 13.5 Å². The molecule has 4 rings (SSSR count). The fourth-order valence-electron chi connectivity index (χ4n) is 3.24. The van der Waals surface area contributed by atoms with E-state index in [1.54, 1.807) is 18.2 Å². The first-order chi connectivity index (χ1) is 15.9. The fourth-order valence-corrected chi connectivity index (χ4v) is 4.04. The van der Waals surface area contributed by atoms with Gasteiger partial charge in [0.2, 0.25) is 0 Å². The highest BCUT2D eigenvalue weighted by atomic mass is 32.1. The second-order valence-corrected chi connectivity index (χ2v) is 8.34. The number of anilines is 2. The van der Waals surface area contributed by atoms with Gasteiger partial charge in [0.1, 0.15) is 18.3 Å². The number of amides is 2. The van der Waals surface area contributed by atoms with Gasteiger partial charge in [0.25, 0.3) is 11.8 Å². The van der Waals surface area contributed by atoms with Gasteiger partial charge in [-0.3, -0.25) is 9.59 Å². The van der Waals surface area contributed by atoms with Crippen LogP contribution in [0.25, 0.3) is 5.69 Å². The van der Waals surface area contributed by atoms with Gasteiger partial charge in [-0.2, -0.15) is 5.10 Å². The van der Waals surface area contributed by atoms with E-state index >= 15 is 0 Å². The SMILES string of the molecule is CNCc1ccc(NC(=O)c2ccc(C(=O)Nc3ccc(-n4cncn4)c(F)c3)s2)c(C)c1. The van der Waals surface area contributed by atoms with Crippen molar-refractivity contribution in [1.82, 2.24) is 20.1 Å². The van der Waals surface area contributed by atoms with Crippen LogP contribution in [0.1, 0.15) is 30.5 Å². The highest BCUT2D eigenvalue weighted by Crippen LogP contribution is 2.23. The zero-order chi connectivity index (χ0) is 23.4. The van der Waals surface area contributed by atoms with Crippen molar-refractivity contribution in [3.8, 4) is 5.69 Å². The number of halogens is 1. The Labute approximate surface area is 193 Å². The zero-order valence-corrected chi connectivity index (χ0v) is 18.7. The first-order valence-electron chi connectivity index (χ1n) is 10.1. The quantitative estimate of drug-likeness (QED) is 0.384. The van der Waals surface area contributed by atoms with Crippen LogP contribution in [0.3, 0.4) is 0 Å². The molecular weight excluding hydrogens is 443 g/mol. The number of nitrogens with zero attached hydrogens (tertiary/aromatic N) is 3. The number of aryl methyl sites for hydroxylation is 1. The molecule has 0 saturated carbocycles. The molecule has 168 valence electrons. The predicted molar refractivity (Wildman–Crippen MR) is 125 cm³/mol. The van der Waals surface area contributed by atoms with Gasteiger partial charge in [-0.25, -0.2) is 14.1 Å². The summed E-state index contributed by atoms with van der Waals surface area (Å²) in [5, 5.41) is 12.5. The maximum atomic E-state index is 14.4. The van der Waals surface area contributed by atoms with Crippen molar-refractivity contribution >= 4 is 34.5 Å². The van der Waals surface area contributed by atoms with E-state index in [2.05, 4.69) is 26.0 Å². The summed E-state index contributed by atoms with van der Waals surface area (Å²) < 4.78 is 15.7. The molecule has 10 heteroatoms. The molecule has 2 heterocycles. The molecular formula is C23H21FN6O2S. The monoisotopic (exact) mass is 464 g/mol. The largest absolute Gasteiger partial charge is 0.321 e. The minimum Gasteiger partial charge on any atom is -0.321 e. The van der Waals surface area contributed by atoms with Crippen molar-refractivity contribution in [2.75, 3.05) is 17.7 Å². The second kappa shape index (κ2) is 9.72. The molecule has 0 radical (unpaired) electrons. The summed E-state index contributed by atoms with van der Waals surface area (Å²) in [6.45, 7) is 2.67. The molecule has 8 nitrogen and oxygen atoms in total. The van der Waals surface area contributed by atoms with Crippen LogP contribution in [0, 0.1) is 12.7 Å². The van der Waals surface area contributed by atoms with E-state index in [-0.39, 0.29) is 17.3 Å². The van der Waals surface area contributed by atoms with E-state index in [0.717, 1.165) is 29.0 Å². The third-order valence-corrected chi connectivity index (χ3v) is 5.93. The van der Waals surface area contributed by atoms with Gasteiger partial charge in [-0.1, -0.05) is 12.1 Å². The highest BCUT2D eigenvalue weighted by Gasteiger charge is 2.16. The summed E-state index contributed by atoms with van der Waals surface area (Å²) in [7, 11) is 1.88. The predicted octanol–water partition coefficient (Wildman–Crippen LogP) is 4.00. The number of hydrogen-bond acceptors (Lipinski definition) is 6. The third-order valence-electron chi connectivity index (χ3n) is 4.84. The minimum absolute atomic E-state index is 0.217. The lowest BCUT2D eigenvalue weighted by molar-refractivity contribution is 0.102. The first kappa shape index (κ1) is 22.3. The van der Waals surface area contributed by atoms with Gasteiger partial charge in [0.05, 0.1) is 9.75 Å². The molecule has 2 amide bonds. The molecule has 0 aliphatic heterocycles. The lowest BCUT2D eigenvalue weighted by atomic mass is 10.1. The van der Waals surface area contributed by atoms with Crippen molar-refractivity contribution in [1.29, 1.82) is 0 Å². The van der Waals surface area contributed by atoms with E-state index in [0.29, 0.717) is 15.4 Å². The van der Waals surface area contributed by atoms with Gasteiger partial charge in [-0.15, -0.1) is 11.3 Å². The van der Waals surface area contributed by atoms with Gasteiger partial charge in [-0.05, 0) is 61.5 Å². The van der Waals surface area contributed by atoms with Crippen molar-refractivity contribution in [3.63, 3.8) is 0 Å². The van der Waals surface area contributed by atoms with Crippen molar-refractivity contribution in [2.24, 2.45) is 0 Å². The van der Waals surface area contributed by atoms with Crippen LogP contribution in [0.2, 0.25) is 0 Å². The Morgan fingerprint density at radius 1 is 1.03 bits per heavy atom. The minimum atomic E-state index is -0.555. The average Bonchev–Trinajstić information content (AvgIpc) is 3.48. The first-order valence-corrected chi connectivity index (χ1v) is 10.9. The number of carbonyl (C=O) groups is 2. The molecule has 0 spiro atoms. The zero-order valence-electron chi connectivity index (χ0n) is 17.9. The Bertz CT molecular complexity index is 1300. The number of carbonyl (C=O) groups excluding carboxylic acids is 2. The topological polar surface area (TPSA) is 101 Å². The van der Waals surface area contributed by atoms with E-state index in [4.69, 9.17) is 0 Å². The fraction of sp³-hybridized carbons (Fsp3) is 0.130. The smallest absolute Gasteiger partial charge is 0.265 e. The Kier molecular flexibility index (Phi) is 6.57. The molecule has 3 N–H and O–H groups in total. The Balaban J connectivity index is 1.42. The highest BCUT2D eigenvalue weighted by molar-refractivity contribution is 7.16. The maximum absolute atomic E-state index is 14.4. The second-order valence-electron chi connectivity index (χ2n) is 7.26. The van der Waals surface area contributed by atoms with Crippen LogP contribution in [-0.2, 0) is 6.54 Å². The molecule has 0 fully saturated rings. The summed E-state index contributed by atoms with van der Waals surface area (Å²) in [5.41, 5.74) is 3.28. The molecule has 4 aromatic rings. The normalized spacial score (nSPS) is 10.8. The molecule has 0 atom stereocenters. The van der Waals surface area contributed by atoms with E-state index in [9.17, 15) is 14.0 Å². The van der Waals surface area contributed by atoms with Crippen molar-refractivity contribution < 1.29 is 14.0 Å². The summed E-state index contributed by atoms with van der Waals surface area (Å²) in [4.78, 5) is 29.8. The molecule has 2 aromatic heterocycles. The van der Waals surface area contributed by atoms with E-state index in [1.165, 1.54) is 29.5 Å². The summed E-state index contributed by atoms with van der Waals surface area (Å²) in [5.74, 6) is -1.29. The van der Waals surface area contributed by atoms with Gasteiger partial charge in [0, 0.05) is 17.9 Å². The molecule has 33 heavy (non-hydrogen) atoms. The summed E-state index contributed by atoms with van der Waals surface area (Å²) >= 11 is 1.06. The van der Waals surface area contributed by atoms with E-state index < -0.39 is 11.7 Å². The van der Waals surface area contributed by atoms with Gasteiger partial charge >= 0.3 is 0 Å². The lowest BCUT2D eigenvalue weighted by Crippen LogP contribution is -2.12. The lowest BCUT2D eigenvalue weighted by Gasteiger charge is -2.09. The average molecular weight is 465 g/mol. The Hall–Kier alpha value is -3.89. The van der Waals surface area contributed by atoms with Crippen LogP contribution in [0.15, 0.2) is 61.2 Å². The number of rotatable bonds is 7. The van der Waals surface area contributed by atoms with Crippen LogP contribution in [-0.4, -0.2) is 33.6 Å². The third kappa shape index (κ3) is 5.13. The van der Waals surface area contributed by atoms with Crippen molar-refractivity contribution in [3.05, 3.63) is 87.9 Å². The number of thiophene rings is 1. The van der Waals surface area contributed by atoms with Crippen LogP contribution in [0.5, 0.6) is 0 Å². The summed E-state index contributed by atoms with van der Waals surface area (Å²) in [6.07, 6.45) is 2.69. The number of benzene rings is 2. The molecule has 0 aliphatic carbocycles. The molecule has 2 aromatic carbocycles. The standard InChI is InChI=1S/C23H21FN6O2S/c1-14-9-15(11-25-2)3-5-18(14)29-23(32)21-8-7-20(33-21)22(31)28-16-4-6-19(17(24)10-16)30-13-26-12-27-30/h3-10,12-13,25H,11H2,1-2H3,(H,28,31)(H,29,32). The number of aromatic nitrogens is 3. The van der Waals surface area contributed by atoms with Gasteiger partial charge < -0.3 is 16.0 Å². The van der Waals surface area contributed by atoms with E-state index in [1.807, 2.05) is 32.2 Å².